The SMILES string of the molecule is CS(=O)(=O)C1CC1(CN)CO. The topological polar surface area (TPSA) is 80.4 Å². The zero-order valence-electron chi connectivity index (χ0n) is 6.45. The van der Waals surface area contributed by atoms with E-state index in [-0.39, 0.29) is 13.2 Å². The van der Waals surface area contributed by atoms with E-state index in [1.165, 1.54) is 6.26 Å². The van der Waals surface area contributed by atoms with E-state index < -0.39 is 20.5 Å². The number of rotatable bonds is 3. The van der Waals surface area contributed by atoms with Crippen molar-refractivity contribution in [1.82, 2.24) is 0 Å². The highest BCUT2D eigenvalue weighted by Gasteiger charge is 2.58. The lowest BCUT2D eigenvalue weighted by atomic mass is 10.1. The van der Waals surface area contributed by atoms with E-state index in [9.17, 15) is 8.42 Å². The van der Waals surface area contributed by atoms with Gasteiger partial charge >= 0.3 is 0 Å². The third-order valence-electron chi connectivity index (χ3n) is 2.35. The van der Waals surface area contributed by atoms with E-state index >= 15 is 0 Å². The fourth-order valence-electron chi connectivity index (χ4n) is 1.36. The second kappa shape index (κ2) is 2.43. The Morgan fingerprint density at radius 1 is 1.73 bits per heavy atom. The Labute approximate surface area is 66.3 Å². The summed E-state index contributed by atoms with van der Waals surface area (Å²) in [5.74, 6) is 0. The van der Waals surface area contributed by atoms with Crippen LogP contribution in [0.5, 0.6) is 0 Å². The molecule has 66 valence electrons. The molecule has 1 fully saturated rings. The fraction of sp³-hybridized carbons (Fsp3) is 1.00. The van der Waals surface area contributed by atoms with Crippen LogP contribution in [0.1, 0.15) is 6.42 Å². The summed E-state index contributed by atoms with van der Waals surface area (Å²) in [6.07, 6.45) is 1.70. The van der Waals surface area contributed by atoms with Gasteiger partial charge in [-0.05, 0) is 6.42 Å². The standard InChI is InChI=1S/C6H13NO3S/c1-11(9,10)5-2-6(5,3-7)4-8/h5,8H,2-4,7H2,1H3. The van der Waals surface area contributed by atoms with Gasteiger partial charge in [-0.3, -0.25) is 0 Å². The molecule has 0 aromatic carbocycles. The monoisotopic (exact) mass is 179 g/mol. The van der Waals surface area contributed by atoms with Crippen LogP contribution < -0.4 is 5.73 Å². The van der Waals surface area contributed by atoms with Crippen molar-refractivity contribution < 1.29 is 13.5 Å². The molecule has 1 rings (SSSR count). The molecule has 3 N–H and O–H groups in total. The van der Waals surface area contributed by atoms with Crippen LogP contribution in [0.25, 0.3) is 0 Å². The van der Waals surface area contributed by atoms with Gasteiger partial charge in [0, 0.05) is 18.2 Å². The van der Waals surface area contributed by atoms with Crippen molar-refractivity contribution in [2.45, 2.75) is 11.7 Å². The highest BCUT2D eigenvalue weighted by molar-refractivity contribution is 7.91. The zero-order chi connectivity index (χ0) is 8.70. The highest BCUT2D eigenvalue weighted by atomic mass is 32.2. The molecule has 1 aliphatic rings. The fourth-order valence-corrected chi connectivity index (χ4v) is 3.08. The quantitative estimate of drug-likeness (QED) is 0.566. The lowest BCUT2D eigenvalue weighted by molar-refractivity contribution is 0.217. The van der Waals surface area contributed by atoms with Gasteiger partial charge in [0.2, 0.25) is 0 Å². The average Bonchev–Trinajstić information content (AvgIpc) is 2.61. The average molecular weight is 179 g/mol. The second-order valence-electron chi connectivity index (χ2n) is 3.25. The van der Waals surface area contributed by atoms with E-state index in [0.717, 1.165) is 0 Å². The largest absolute Gasteiger partial charge is 0.396 e. The van der Waals surface area contributed by atoms with Crippen molar-refractivity contribution >= 4 is 9.84 Å². The minimum absolute atomic E-state index is 0.124. The van der Waals surface area contributed by atoms with Crippen LogP contribution in [-0.2, 0) is 9.84 Å². The van der Waals surface area contributed by atoms with Crippen LogP contribution in [0.4, 0.5) is 0 Å². The van der Waals surface area contributed by atoms with Gasteiger partial charge in [-0.25, -0.2) is 8.42 Å². The summed E-state index contributed by atoms with van der Waals surface area (Å²) in [6.45, 7) is 0.127. The molecule has 0 heterocycles. The third kappa shape index (κ3) is 1.40. The Hall–Kier alpha value is -0.130. The number of hydrogen-bond donors (Lipinski definition) is 2. The summed E-state index contributed by atoms with van der Waals surface area (Å²) in [5.41, 5.74) is 4.82. The number of aliphatic hydroxyl groups is 1. The van der Waals surface area contributed by atoms with Crippen molar-refractivity contribution in [3.63, 3.8) is 0 Å². The van der Waals surface area contributed by atoms with Gasteiger partial charge in [0.1, 0.15) is 0 Å². The molecule has 1 aliphatic carbocycles. The molecular formula is C6H13NO3S. The Bertz CT molecular complexity index is 243. The first-order valence-electron chi connectivity index (χ1n) is 3.46. The molecule has 2 atom stereocenters. The summed E-state index contributed by atoms with van der Waals surface area (Å²) in [7, 11) is -3.00. The summed E-state index contributed by atoms with van der Waals surface area (Å²) in [5, 5.41) is 8.43. The summed E-state index contributed by atoms with van der Waals surface area (Å²) in [6, 6.07) is 0. The first-order chi connectivity index (χ1) is 4.96. The second-order valence-corrected chi connectivity index (χ2v) is 5.47. The van der Waals surface area contributed by atoms with Crippen LogP contribution in [0, 0.1) is 5.41 Å². The molecule has 1 saturated carbocycles. The molecule has 4 nitrogen and oxygen atoms in total. The molecule has 0 amide bonds. The van der Waals surface area contributed by atoms with Crippen molar-refractivity contribution in [2.24, 2.45) is 11.1 Å². The van der Waals surface area contributed by atoms with Crippen LogP contribution in [0.3, 0.4) is 0 Å². The molecule has 0 radical (unpaired) electrons. The predicted octanol–water partition coefficient (Wildman–Crippen LogP) is -1.26. The molecule has 5 heteroatoms. The summed E-state index contributed by atoms with van der Waals surface area (Å²) >= 11 is 0. The molecule has 0 bridgehead atoms. The predicted molar refractivity (Wildman–Crippen MR) is 41.8 cm³/mol. The van der Waals surface area contributed by atoms with E-state index in [2.05, 4.69) is 0 Å². The maximum atomic E-state index is 11.0. The maximum absolute atomic E-state index is 11.0. The first kappa shape index (κ1) is 8.96. The molecule has 0 spiro atoms. The zero-order valence-corrected chi connectivity index (χ0v) is 7.26. The van der Waals surface area contributed by atoms with Crippen molar-refractivity contribution in [2.75, 3.05) is 19.4 Å². The van der Waals surface area contributed by atoms with Gasteiger partial charge in [-0.15, -0.1) is 0 Å². The molecule has 0 aliphatic heterocycles. The number of nitrogens with two attached hydrogens (primary N) is 1. The molecule has 11 heavy (non-hydrogen) atoms. The normalized spacial score (nSPS) is 37.2. The molecule has 2 unspecified atom stereocenters. The van der Waals surface area contributed by atoms with E-state index in [0.29, 0.717) is 6.42 Å². The Morgan fingerprint density at radius 2 is 2.27 bits per heavy atom. The van der Waals surface area contributed by atoms with Crippen molar-refractivity contribution in [3.8, 4) is 0 Å². The minimum atomic E-state index is -3.00. The van der Waals surface area contributed by atoms with E-state index in [4.69, 9.17) is 10.8 Å². The first-order valence-corrected chi connectivity index (χ1v) is 5.41. The summed E-state index contributed by atoms with van der Waals surface area (Å²) < 4.78 is 21.9. The Morgan fingerprint density at radius 3 is 2.36 bits per heavy atom. The van der Waals surface area contributed by atoms with Crippen molar-refractivity contribution in [3.05, 3.63) is 0 Å². The highest BCUT2D eigenvalue weighted by Crippen LogP contribution is 2.49. The molecule has 0 saturated heterocycles. The summed E-state index contributed by atoms with van der Waals surface area (Å²) in [4.78, 5) is 0. The van der Waals surface area contributed by atoms with E-state index in [1.807, 2.05) is 0 Å². The number of hydrogen-bond acceptors (Lipinski definition) is 4. The smallest absolute Gasteiger partial charge is 0.151 e. The van der Waals surface area contributed by atoms with Gasteiger partial charge in [0.25, 0.3) is 0 Å². The van der Waals surface area contributed by atoms with E-state index in [1.54, 1.807) is 0 Å². The lowest BCUT2D eigenvalue weighted by Gasteiger charge is -2.08. The van der Waals surface area contributed by atoms with Crippen LogP contribution in [0.15, 0.2) is 0 Å². The maximum Gasteiger partial charge on any atom is 0.151 e. The molecule has 0 aromatic rings. The molecular weight excluding hydrogens is 166 g/mol. The minimum Gasteiger partial charge on any atom is -0.396 e. The Kier molecular flexibility index (Phi) is 1.98. The number of sulfone groups is 1. The van der Waals surface area contributed by atoms with Gasteiger partial charge in [-0.1, -0.05) is 0 Å². The molecule has 0 aromatic heterocycles. The lowest BCUT2D eigenvalue weighted by Crippen LogP contribution is -2.26. The van der Waals surface area contributed by atoms with Crippen LogP contribution in [0.2, 0.25) is 0 Å². The van der Waals surface area contributed by atoms with Gasteiger partial charge in [0.05, 0.1) is 11.9 Å². The van der Waals surface area contributed by atoms with Gasteiger partial charge in [-0.2, -0.15) is 0 Å². The van der Waals surface area contributed by atoms with Gasteiger partial charge < -0.3 is 10.8 Å². The van der Waals surface area contributed by atoms with Crippen molar-refractivity contribution in [1.29, 1.82) is 0 Å². The Balaban J connectivity index is 2.73. The van der Waals surface area contributed by atoms with Gasteiger partial charge in [0.15, 0.2) is 9.84 Å². The number of aliphatic hydroxyl groups excluding tert-OH is 1. The van der Waals surface area contributed by atoms with Crippen LogP contribution >= 0.6 is 0 Å². The van der Waals surface area contributed by atoms with Crippen LogP contribution in [-0.4, -0.2) is 38.2 Å². The third-order valence-corrected chi connectivity index (χ3v) is 4.05.